The smallest absolute Gasteiger partial charge is 0.0725 e. The van der Waals surface area contributed by atoms with Gasteiger partial charge in [-0.05, 0) is 18.9 Å². The van der Waals surface area contributed by atoms with Crippen LogP contribution >= 0.6 is 11.6 Å². The molecule has 0 atom stereocenters. The largest absolute Gasteiger partial charge is 0.396 e. The molecule has 1 aliphatic rings. The average Bonchev–Trinajstić information content (AvgIpc) is 2.77. The number of pyridine rings is 1. The summed E-state index contributed by atoms with van der Waals surface area (Å²) in [5.74, 6) is 0.577. The van der Waals surface area contributed by atoms with Gasteiger partial charge < -0.3 is 5.73 Å². The minimum Gasteiger partial charge on any atom is -0.396 e. The predicted molar refractivity (Wildman–Crippen MR) is 45.6 cm³/mol. The molecule has 0 saturated heterocycles. The molecule has 1 saturated carbocycles. The summed E-state index contributed by atoms with van der Waals surface area (Å²) in [6.45, 7) is 0. The summed E-state index contributed by atoms with van der Waals surface area (Å²) in [4.78, 5) is 4.19. The number of halogens is 1. The summed E-state index contributed by atoms with van der Waals surface area (Å²) in [6.07, 6.45) is 4.13. The van der Waals surface area contributed by atoms with Crippen LogP contribution in [0.15, 0.2) is 12.3 Å². The summed E-state index contributed by atoms with van der Waals surface area (Å²) < 4.78 is 0. The van der Waals surface area contributed by atoms with Gasteiger partial charge in [-0.2, -0.15) is 0 Å². The first kappa shape index (κ1) is 6.92. The second-order valence-electron chi connectivity index (χ2n) is 2.87. The third-order valence-corrected chi connectivity index (χ3v) is 2.26. The maximum Gasteiger partial charge on any atom is 0.0725 e. The Morgan fingerprint density at radius 1 is 1.55 bits per heavy atom. The molecule has 0 bridgehead atoms. The number of nitrogen functional groups attached to an aromatic ring is 1. The van der Waals surface area contributed by atoms with Crippen molar-refractivity contribution < 1.29 is 0 Å². The lowest BCUT2D eigenvalue weighted by atomic mass is 10.2. The average molecular weight is 169 g/mol. The molecular formula is C8H9ClN2. The van der Waals surface area contributed by atoms with E-state index in [1.165, 1.54) is 12.8 Å². The van der Waals surface area contributed by atoms with Crippen molar-refractivity contribution in [2.75, 3.05) is 5.73 Å². The Morgan fingerprint density at radius 3 is 2.91 bits per heavy atom. The second kappa shape index (κ2) is 2.38. The van der Waals surface area contributed by atoms with Gasteiger partial charge in [0.05, 0.1) is 16.4 Å². The zero-order valence-electron chi connectivity index (χ0n) is 6.05. The molecule has 58 valence electrons. The van der Waals surface area contributed by atoms with Crippen molar-refractivity contribution in [3.05, 3.63) is 23.0 Å². The van der Waals surface area contributed by atoms with Crippen LogP contribution in [-0.4, -0.2) is 4.98 Å². The first-order valence-electron chi connectivity index (χ1n) is 3.69. The van der Waals surface area contributed by atoms with E-state index in [-0.39, 0.29) is 0 Å². The van der Waals surface area contributed by atoms with E-state index in [1.54, 1.807) is 12.3 Å². The maximum atomic E-state index is 5.82. The molecule has 0 radical (unpaired) electrons. The van der Waals surface area contributed by atoms with E-state index in [0.29, 0.717) is 16.6 Å². The lowest BCUT2D eigenvalue weighted by molar-refractivity contribution is 1.03. The van der Waals surface area contributed by atoms with Crippen molar-refractivity contribution in [2.45, 2.75) is 18.8 Å². The van der Waals surface area contributed by atoms with Crippen LogP contribution < -0.4 is 5.73 Å². The first-order chi connectivity index (χ1) is 5.29. The fourth-order valence-electron chi connectivity index (χ4n) is 1.15. The highest BCUT2D eigenvalue weighted by Gasteiger charge is 2.27. The van der Waals surface area contributed by atoms with Gasteiger partial charge in [-0.15, -0.1) is 0 Å². The van der Waals surface area contributed by atoms with Crippen LogP contribution in [0.2, 0.25) is 5.02 Å². The highest BCUT2D eigenvalue weighted by molar-refractivity contribution is 6.33. The second-order valence-corrected chi connectivity index (χ2v) is 3.27. The first-order valence-corrected chi connectivity index (χ1v) is 4.06. The normalized spacial score (nSPS) is 16.8. The Kier molecular flexibility index (Phi) is 1.50. The molecule has 2 nitrogen and oxygen atoms in total. The molecule has 1 aromatic rings. The Balaban J connectivity index is 2.45. The summed E-state index contributed by atoms with van der Waals surface area (Å²) >= 11 is 5.82. The maximum absolute atomic E-state index is 5.82. The zero-order chi connectivity index (χ0) is 7.84. The molecule has 0 aromatic carbocycles. The Bertz CT molecular complexity index is 281. The van der Waals surface area contributed by atoms with Crippen LogP contribution in [0, 0.1) is 0 Å². The third-order valence-electron chi connectivity index (χ3n) is 1.93. The molecule has 11 heavy (non-hydrogen) atoms. The van der Waals surface area contributed by atoms with E-state index in [2.05, 4.69) is 4.98 Å². The van der Waals surface area contributed by atoms with E-state index in [9.17, 15) is 0 Å². The number of nitrogens with two attached hydrogens (primary N) is 1. The van der Waals surface area contributed by atoms with Gasteiger partial charge in [0.1, 0.15) is 0 Å². The summed E-state index contributed by atoms with van der Waals surface area (Å²) in [5.41, 5.74) is 7.38. The van der Waals surface area contributed by atoms with Crippen LogP contribution in [0.4, 0.5) is 5.69 Å². The molecule has 3 heteroatoms. The SMILES string of the molecule is Nc1c(Cl)ccnc1C1CC1. The zero-order valence-corrected chi connectivity index (χ0v) is 6.80. The van der Waals surface area contributed by atoms with Gasteiger partial charge in [0, 0.05) is 12.1 Å². The highest BCUT2D eigenvalue weighted by atomic mass is 35.5. The number of anilines is 1. The van der Waals surface area contributed by atoms with E-state index in [4.69, 9.17) is 17.3 Å². The topological polar surface area (TPSA) is 38.9 Å². The van der Waals surface area contributed by atoms with Gasteiger partial charge in [-0.3, -0.25) is 4.98 Å². The van der Waals surface area contributed by atoms with E-state index in [0.717, 1.165) is 5.69 Å². The third kappa shape index (κ3) is 1.18. The number of nitrogens with zero attached hydrogens (tertiary/aromatic N) is 1. The van der Waals surface area contributed by atoms with E-state index < -0.39 is 0 Å². The minimum atomic E-state index is 0.577. The highest BCUT2D eigenvalue weighted by Crippen LogP contribution is 2.42. The quantitative estimate of drug-likeness (QED) is 0.698. The van der Waals surface area contributed by atoms with Crippen molar-refractivity contribution in [1.29, 1.82) is 0 Å². The number of rotatable bonds is 1. The van der Waals surface area contributed by atoms with Crippen molar-refractivity contribution in [3.8, 4) is 0 Å². The van der Waals surface area contributed by atoms with Gasteiger partial charge >= 0.3 is 0 Å². The molecule has 1 heterocycles. The van der Waals surface area contributed by atoms with Crippen LogP contribution in [0.3, 0.4) is 0 Å². The van der Waals surface area contributed by atoms with Gasteiger partial charge in [-0.1, -0.05) is 11.6 Å². The van der Waals surface area contributed by atoms with E-state index in [1.807, 2.05) is 0 Å². The van der Waals surface area contributed by atoms with Gasteiger partial charge in [0.25, 0.3) is 0 Å². The summed E-state index contributed by atoms with van der Waals surface area (Å²) in [5, 5.41) is 0.627. The van der Waals surface area contributed by atoms with Crippen molar-refractivity contribution in [1.82, 2.24) is 4.98 Å². The molecule has 1 aromatic heterocycles. The summed E-state index contributed by atoms with van der Waals surface area (Å²) in [6, 6.07) is 1.72. The van der Waals surface area contributed by atoms with Crippen molar-refractivity contribution >= 4 is 17.3 Å². The molecule has 2 rings (SSSR count). The molecule has 0 aliphatic heterocycles. The molecular weight excluding hydrogens is 160 g/mol. The van der Waals surface area contributed by atoms with Crippen LogP contribution in [0.25, 0.3) is 0 Å². The van der Waals surface area contributed by atoms with Crippen LogP contribution in [0.1, 0.15) is 24.5 Å². The fraction of sp³-hybridized carbons (Fsp3) is 0.375. The monoisotopic (exact) mass is 168 g/mol. The number of hydrogen-bond acceptors (Lipinski definition) is 2. The molecule has 2 N–H and O–H groups in total. The Hall–Kier alpha value is -0.760. The molecule has 0 spiro atoms. The molecule has 1 fully saturated rings. The minimum absolute atomic E-state index is 0.577. The van der Waals surface area contributed by atoms with Gasteiger partial charge in [0.15, 0.2) is 0 Å². The van der Waals surface area contributed by atoms with E-state index >= 15 is 0 Å². The lowest BCUT2D eigenvalue weighted by Crippen LogP contribution is -1.96. The number of hydrogen-bond donors (Lipinski definition) is 1. The fourth-order valence-corrected chi connectivity index (χ4v) is 1.30. The Labute approximate surface area is 70.4 Å². The van der Waals surface area contributed by atoms with Gasteiger partial charge in [-0.25, -0.2) is 0 Å². The van der Waals surface area contributed by atoms with Crippen LogP contribution in [0.5, 0.6) is 0 Å². The standard InChI is InChI=1S/C8H9ClN2/c9-6-3-4-11-8(7(6)10)5-1-2-5/h3-5H,1-2,10H2. The lowest BCUT2D eigenvalue weighted by Gasteiger charge is -2.02. The molecule has 1 aliphatic carbocycles. The van der Waals surface area contributed by atoms with Crippen LogP contribution in [-0.2, 0) is 0 Å². The Morgan fingerprint density at radius 2 is 2.27 bits per heavy atom. The van der Waals surface area contributed by atoms with Gasteiger partial charge in [0.2, 0.25) is 0 Å². The number of aromatic nitrogens is 1. The predicted octanol–water partition coefficient (Wildman–Crippen LogP) is 2.19. The van der Waals surface area contributed by atoms with Crippen molar-refractivity contribution in [3.63, 3.8) is 0 Å². The molecule has 0 amide bonds. The van der Waals surface area contributed by atoms with Crippen molar-refractivity contribution in [2.24, 2.45) is 0 Å². The molecule has 0 unspecified atom stereocenters. The summed E-state index contributed by atoms with van der Waals surface area (Å²) in [7, 11) is 0.